The van der Waals surface area contributed by atoms with Crippen molar-refractivity contribution in [3.8, 4) is 0 Å². The molecule has 0 bridgehead atoms. The lowest BCUT2D eigenvalue weighted by Crippen LogP contribution is -2.28. The average molecular weight is 331 g/mol. The number of benzene rings is 2. The number of nitrogens with zero attached hydrogens (tertiary/aromatic N) is 1. The number of rotatable bonds is 5. The number of amides is 1. The summed E-state index contributed by atoms with van der Waals surface area (Å²) in [5.41, 5.74) is 2.18. The van der Waals surface area contributed by atoms with Gasteiger partial charge < -0.3 is 13.9 Å². The average Bonchev–Trinajstić information content (AvgIpc) is 2.88. The van der Waals surface area contributed by atoms with Gasteiger partial charge in [0.15, 0.2) is 5.78 Å². The smallest absolute Gasteiger partial charge is 0.316 e. The van der Waals surface area contributed by atoms with Gasteiger partial charge in [-0.05, 0) is 17.2 Å². The van der Waals surface area contributed by atoms with E-state index in [2.05, 4.69) is 0 Å². The van der Waals surface area contributed by atoms with Crippen LogP contribution in [-0.4, -0.2) is 25.0 Å². The summed E-state index contributed by atoms with van der Waals surface area (Å²) in [7, 11) is -0.799. The zero-order valence-electron chi connectivity index (χ0n) is 13.0. The van der Waals surface area contributed by atoms with Crippen molar-refractivity contribution < 1.29 is 18.4 Å². The van der Waals surface area contributed by atoms with Gasteiger partial charge in [0.2, 0.25) is 0 Å². The molecule has 1 atom stereocenters. The fourth-order valence-electron chi connectivity index (χ4n) is 2.90. The van der Waals surface area contributed by atoms with E-state index in [9.17, 15) is 9.36 Å². The molecule has 0 saturated carbocycles. The minimum absolute atomic E-state index is 0.163. The number of hydrogen-bond donors (Lipinski definition) is 0. The second kappa shape index (κ2) is 6.28. The molecule has 0 fully saturated rings. The van der Waals surface area contributed by atoms with Gasteiger partial charge in [-0.25, -0.2) is 0 Å². The van der Waals surface area contributed by atoms with E-state index in [0.717, 1.165) is 5.56 Å². The second-order valence-corrected chi connectivity index (χ2v) is 7.58. The van der Waals surface area contributed by atoms with E-state index < -0.39 is 13.4 Å². The van der Waals surface area contributed by atoms with E-state index in [1.165, 1.54) is 14.2 Å². The van der Waals surface area contributed by atoms with E-state index in [1.54, 1.807) is 23.1 Å². The third-order valence-corrected chi connectivity index (χ3v) is 6.20. The van der Waals surface area contributed by atoms with E-state index in [1.807, 2.05) is 36.4 Å². The fraction of sp³-hybridized carbons (Fsp3) is 0.235. The first kappa shape index (κ1) is 15.9. The van der Waals surface area contributed by atoms with Crippen molar-refractivity contribution in [2.75, 3.05) is 14.2 Å². The van der Waals surface area contributed by atoms with Gasteiger partial charge in [-0.1, -0.05) is 48.5 Å². The van der Waals surface area contributed by atoms with Crippen LogP contribution in [0.1, 0.15) is 27.3 Å². The Morgan fingerprint density at radius 3 is 2.26 bits per heavy atom. The van der Waals surface area contributed by atoms with Crippen LogP contribution in [0.4, 0.5) is 0 Å². The lowest BCUT2D eigenvalue weighted by Gasteiger charge is -2.29. The molecular formula is C17H18NO4P. The van der Waals surface area contributed by atoms with Crippen molar-refractivity contribution in [2.45, 2.75) is 12.3 Å². The summed E-state index contributed by atoms with van der Waals surface area (Å²) >= 11 is 0. The zero-order chi connectivity index (χ0) is 16.4. The number of carbonyl (C=O) groups excluding carboxylic acids is 1. The summed E-state index contributed by atoms with van der Waals surface area (Å²) in [4.78, 5) is 14.3. The number of hydrogen-bond acceptors (Lipinski definition) is 4. The van der Waals surface area contributed by atoms with Crippen molar-refractivity contribution in [2.24, 2.45) is 0 Å². The van der Waals surface area contributed by atoms with Gasteiger partial charge in [0.1, 0.15) is 0 Å². The Hall–Kier alpha value is -1.94. The molecule has 5 nitrogen and oxygen atoms in total. The highest BCUT2D eigenvalue weighted by atomic mass is 31.2. The molecule has 2 aromatic carbocycles. The summed E-state index contributed by atoms with van der Waals surface area (Å²) in [5, 5.41) is 0. The van der Waals surface area contributed by atoms with Gasteiger partial charge in [-0.15, -0.1) is 0 Å². The van der Waals surface area contributed by atoms with Crippen LogP contribution in [0.3, 0.4) is 0 Å². The standard InChI is InChI=1S/C17H18NO4P/c1-21-23(20,22-2)17-15-11-7-6-10-14(15)16(19)18(17)12-13-8-4-3-5-9-13/h3-11,17H,12H2,1-2H3. The number of fused-ring (bicyclic) bond motifs is 1. The highest BCUT2D eigenvalue weighted by molar-refractivity contribution is 7.54. The Morgan fingerprint density at radius 1 is 1.00 bits per heavy atom. The van der Waals surface area contributed by atoms with Crippen LogP contribution in [0.5, 0.6) is 0 Å². The van der Waals surface area contributed by atoms with E-state index in [-0.39, 0.29) is 5.91 Å². The molecule has 1 amide bonds. The molecule has 0 aliphatic carbocycles. The quantitative estimate of drug-likeness (QED) is 0.782. The maximum absolute atomic E-state index is 13.0. The molecule has 1 aliphatic heterocycles. The third kappa shape index (κ3) is 2.72. The molecule has 0 N–H and O–H groups in total. The highest BCUT2D eigenvalue weighted by Crippen LogP contribution is 2.64. The van der Waals surface area contributed by atoms with Gasteiger partial charge in [0.05, 0.1) is 0 Å². The summed E-state index contributed by atoms with van der Waals surface area (Å²) in [5.74, 6) is -0.898. The van der Waals surface area contributed by atoms with Gasteiger partial charge in [-0.2, -0.15) is 0 Å². The zero-order valence-corrected chi connectivity index (χ0v) is 13.9. The first-order valence-electron chi connectivity index (χ1n) is 7.25. The molecule has 2 aromatic rings. The van der Waals surface area contributed by atoms with E-state index in [0.29, 0.717) is 17.7 Å². The molecule has 120 valence electrons. The van der Waals surface area contributed by atoms with Crippen LogP contribution in [-0.2, 0) is 20.2 Å². The predicted octanol–water partition coefficient (Wildman–Crippen LogP) is 3.83. The lowest BCUT2D eigenvalue weighted by molar-refractivity contribution is 0.0732. The Morgan fingerprint density at radius 2 is 1.61 bits per heavy atom. The highest BCUT2D eigenvalue weighted by Gasteiger charge is 2.48. The minimum atomic E-state index is -3.49. The van der Waals surface area contributed by atoms with E-state index in [4.69, 9.17) is 9.05 Å². The topological polar surface area (TPSA) is 55.8 Å². The van der Waals surface area contributed by atoms with Crippen molar-refractivity contribution in [1.82, 2.24) is 4.90 Å². The largest absolute Gasteiger partial charge is 0.357 e. The first-order valence-corrected chi connectivity index (χ1v) is 8.87. The molecule has 0 saturated heterocycles. The monoisotopic (exact) mass is 331 g/mol. The Bertz CT molecular complexity index is 754. The summed E-state index contributed by atoms with van der Waals surface area (Å²) in [6.45, 7) is 0.343. The molecule has 1 unspecified atom stereocenters. The fourth-order valence-corrected chi connectivity index (χ4v) is 4.55. The van der Waals surface area contributed by atoms with Crippen LogP contribution >= 0.6 is 7.60 Å². The minimum Gasteiger partial charge on any atom is -0.316 e. The molecule has 1 aliphatic rings. The van der Waals surface area contributed by atoms with Crippen molar-refractivity contribution in [1.29, 1.82) is 0 Å². The molecule has 6 heteroatoms. The lowest BCUT2D eigenvalue weighted by atomic mass is 10.1. The third-order valence-electron chi connectivity index (χ3n) is 4.03. The Kier molecular flexibility index (Phi) is 4.35. The molecule has 0 spiro atoms. The molecular weight excluding hydrogens is 313 g/mol. The van der Waals surface area contributed by atoms with Gasteiger partial charge in [-0.3, -0.25) is 9.36 Å². The van der Waals surface area contributed by atoms with Gasteiger partial charge in [0, 0.05) is 26.3 Å². The molecule has 3 rings (SSSR count). The van der Waals surface area contributed by atoms with Gasteiger partial charge in [0.25, 0.3) is 5.91 Å². The summed E-state index contributed by atoms with van der Waals surface area (Å²) < 4.78 is 23.4. The van der Waals surface area contributed by atoms with Crippen molar-refractivity contribution >= 4 is 13.5 Å². The van der Waals surface area contributed by atoms with Crippen LogP contribution in [0.25, 0.3) is 0 Å². The van der Waals surface area contributed by atoms with Crippen LogP contribution in [0.2, 0.25) is 0 Å². The van der Waals surface area contributed by atoms with Crippen LogP contribution in [0, 0.1) is 0 Å². The first-order chi connectivity index (χ1) is 11.1. The molecule has 0 radical (unpaired) electrons. The van der Waals surface area contributed by atoms with E-state index >= 15 is 0 Å². The molecule has 23 heavy (non-hydrogen) atoms. The van der Waals surface area contributed by atoms with Gasteiger partial charge >= 0.3 is 7.60 Å². The van der Waals surface area contributed by atoms with Crippen molar-refractivity contribution in [3.63, 3.8) is 0 Å². The van der Waals surface area contributed by atoms with Crippen LogP contribution in [0.15, 0.2) is 54.6 Å². The second-order valence-electron chi connectivity index (χ2n) is 5.28. The number of carbonyl (C=O) groups is 1. The summed E-state index contributed by atoms with van der Waals surface area (Å²) in [6.07, 6.45) is 0. The SMILES string of the molecule is COP(=O)(OC)C1c2ccccc2C(=O)N1Cc1ccccc1. The van der Waals surface area contributed by atoms with Crippen molar-refractivity contribution in [3.05, 3.63) is 71.3 Å². The predicted molar refractivity (Wildman–Crippen MR) is 87.1 cm³/mol. The maximum Gasteiger partial charge on any atom is 0.357 e. The molecule has 1 heterocycles. The summed E-state index contributed by atoms with van der Waals surface area (Å²) in [6, 6.07) is 16.7. The maximum atomic E-state index is 13.0. The Balaban J connectivity index is 2.07. The normalized spacial score (nSPS) is 17.4. The molecule has 0 aromatic heterocycles. The van der Waals surface area contributed by atoms with Crippen LogP contribution < -0.4 is 0 Å². The Labute approximate surface area is 135 Å².